The summed E-state index contributed by atoms with van der Waals surface area (Å²) in [5.41, 5.74) is 2.83. The number of hydrogen-bond donors (Lipinski definition) is 0. The Bertz CT molecular complexity index is 555. The normalized spacial score (nSPS) is 11.8. The Morgan fingerprint density at radius 3 is 2.28 bits per heavy atom. The van der Waals surface area contributed by atoms with Crippen molar-refractivity contribution in [3.63, 3.8) is 0 Å². The molecule has 0 amide bonds. The molecule has 4 heteroatoms. The van der Waals surface area contributed by atoms with Gasteiger partial charge in [0.15, 0.2) is 5.16 Å². The van der Waals surface area contributed by atoms with Gasteiger partial charge in [-0.15, -0.1) is 0 Å². The van der Waals surface area contributed by atoms with Crippen molar-refractivity contribution >= 4 is 11.8 Å². The highest BCUT2D eigenvalue weighted by atomic mass is 32.2. The van der Waals surface area contributed by atoms with E-state index < -0.39 is 0 Å². The van der Waals surface area contributed by atoms with E-state index in [-0.39, 0.29) is 5.25 Å². The molecule has 0 aliphatic heterocycles. The maximum atomic E-state index is 9.25. The van der Waals surface area contributed by atoms with Gasteiger partial charge in [-0.2, -0.15) is 5.26 Å². The van der Waals surface area contributed by atoms with E-state index in [4.69, 9.17) is 0 Å². The third-order valence-electron chi connectivity index (χ3n) is 2.40. The first kappa shape index (κ1) is 12.6. The molecular weight excluding hydrogens is 242 g/mol. The highest BCUT2D eigenvalue weighted by Gasteiger charge is 2.14. The number of benzene rings is 1. The van der Waals surface area contributed by atoms with Crippen molar-refractivity contribution < 1.29 is 0 Å². The van der Waals surface area contributed by atoms with Gasteiger partial charge in [-0.25, -0.2) is 9.97 Å². The number of aromatic nitrogens is 2. The van der Waals surface area contributed by atoms with Crippen molar-refractivity contribution in [2.24, 2.45) is 0 Å². The summed E-state index contributed by atoms with van der Waals surface area (Å²) in [5, 5.41) is 9.64. The van der Waals surface area contributed by atoms with E-state index in [9.17, 15) is 5.26 Å². The number of aryl methyl sites for hydroxylation is 2. The van der Waals surface area contributed by atoms with E-state index in [0.717, 1.165) is 17.0 Å². The Morgan fingerprint density at radius 2 is 1.72 bits per heavy atom. The molecule has 0 spiro atoms. The molecule has 0 saturated heterocycles. The predicted molar refractivity (Wildman–Crippen MR) is 72.2 cm³/mol. The third-order valence-corrected chi connectivity index (χ3v) is 3.41. The quantitative estimate of drug-likeness (QED) is 0.622. The largest absolute Gasteiger partial charge is 0.228 e. The summed E-state index contributed by atoms with van der Waals surface area (Å²) >= 11 is 1.39. The zero-order valence-electron chi connectivity index (χ0n) is 10.3. The van der Waals surface area contributed by atoms with Crippen LogP contribution in [0.25, 0.3) is 0 Å². The standard InChI is InChI=1S/C14H13N3S/c1-10-8-11(2)17-14(16-10)18-13(9-15)12-6-4-3-5-7-12/h3-8,13H,1-2H3. The first-order valence-corrected chi connectivity index (χ1v) is 6.50. The van der Waals surface area contributed by atoms with E-state index in [0.29, 0.717) is 5.16 Å². The lowest BCUT2D eigenvalue weighted by molar-refractivity contribution is 0.899. The fraction of sp³-hybridized carbons (Fsp3) is 0.214. The average Bonchev–Trinajstić information content (AvgIpc) is 2.36. The Kier molecular flexibility index (Phi) is 3.96. The SMILES string of the molecule is Cc1cc(C)nc(SC(C#N)c2ccccc2)n1. The van der Waals surface area contributed by atoms with Crippen LogP contribution >= 0.6 is 11.8 Å². The maximum Gasteiger partial charge on any atom is 0.189 e. The first-order chi connectivity index (χ1) is 8.69. The highest BCUT2D eigenvalue weighted by Crippen LogP contribution is 2.32. The lowest BCUT2D eigenvalue weighted by atomic mass is 10.2. The second kappa shape index (κ2) is 5.65. The summed E-state index contributed by atoms with van der Waals surface area (Å²) in [6, 6.07) is 13.9. The van der Waals surface area contributed by atoms with E-state index in [1.54, 1.807) is 0 Å². The molecular formula is C14H13N3S. The van der Waals surface area contributed by atoms with Crippen LogP contribution in [0.1, 0.15) is 22.2 Å². The molecule has 0 aliphatic rings. The van der Waals surface area contributed by atoms with Gasteiger partial charge < -0.3 is 0 Å². The summed E-state index contributed by atoms with van der Waals surface area (Å²) in [4.78, 5) is 8.70. The first-order valence-electron chi connectivity index (χ1n) is 5.62. The zero-order chi connectivity index (χ0) is 13.0. The summed E-state index contributed by atoms with van der Waals surface area (Å²) in [7, 11) is 0. The van der Waals surface area contributed by atoms with Crippen molar-refractivity contribution in [3.05, 3.63) is 53.3 Å². The molecule has 0 saturated carbocycles. The number of nitriles is 1. The lowest BCUT2D eigenvalue weighted by Gasteiger charge is -2.08. The number of thioether (sulfide) groups is 1. The second-order valence-electron chi connectivity index (χ2n) is 3.97. The van der Waals surface area contributed by atoms with Crippen molar-refractivity contribution in [2.75, 3.05) is 0 Å². The molecule has 1 aromatic heterocycles. The van der Waals surface area contributed by atoms with Crippen molar-refractivity contribution in [1.82, 2.24) is 9.97 Å². The molecule has 0 N–H and O–H groups in total. The van der Waals surface area contributed by atoms with E-state index in [1.165, 1.54) is 11.8 Å². The van der Waals surface area contributed by atoms with Gasteiger partial charge >= 0.3 is 0 Å². The van der Waals surface area contributed by atoms with Gasteiger partial charge in [0, 0.05) is 11.4 Å². The number of hydrogen-bond acceptors (Lipinski definition) is 4. The van der Waals surface area contributed by atoms with Crippen LogP contribution in [0.5, 0.6) is 0 Å². The van der Waals surface area contributed by atoms with Gasteiger partial charge in [-0.3, -0.25) is 0 Å². The zero-order valence-corrected chi connectivity index (χ0v) is 11.1. The van der Waals surface area contributed by atoms with Crippen LogP contribution in [0.2, 0.25) is 0 Å². The minimum absolute atomic E-state index is 0.271. The molecule has 0 bridgehead atoms. The summed E-state index contributed by atoms with van der Waals surface area (Å²) in [6.07, 6.45) is 0. The van der Waals surface area contributed by atoms with Gasteiger partial charge in [-0.05, 0) is 25.5 Å². The van der Waals surface area contributed by atoms with Gasteiger partial charge in [0.1, 0.15) is 5.25 Å². The van der Waals surface area contributed by atoms with Crippen LogP contribution in [-0.4, -0.2) is 9.97 Å². The minimum atomic E-state index is -0.271. The van der Waals surface area contributed by atoms with Crippen LogP contribution < -0.4 is 0 Å². The molecule has 0 aliphatic carbocycles. The molecule has 1 heterocycles. The van der Waals surface area contributed by atoms with Crippen LogP contribution in [-0.2, 0) is 0 Å². The maximum absolute atomic E-state index is 9.25. The van der Waals surface area contributed by atoms with Crippen LogP contribution in [0, 0.1) is 25.2 Å². The van der Waals surface area contributed by atoms with Gasteiger partial charge in [0.05, 0.1) is 6.07 Å². The van der Waals surface area contributed by atoms with Crippen LogP contribution in [0.15, 0.2) is 41.6 Å². The van der Waals surface area contributed by atoms with Crippen molar-refractivity contribution in [2.45, 2.75) is 24.3 Å². The summed E-state index contributed by atoms with van der Waals surface area (Å²) in [5.74, 6) is 0. The molecule has 2 rings (SSSR count). The minimum Gasteiger partial charge on any atom is -0.228 e. The molecule has 1 aromatic carbocycles. The number of nitrogens with zero attached hydrogens (tertiary/aromatic N) is 3. The molecule has 18 heavy (non-hydrogen) atoms. The molecule has 90 valence electrons. The molecule has 1 atom stereocenters. The van der Waals surface area contributed by atoms with E-state index in [2.05, 4.69) is 16.0 Å². The summed E-state index contributed by atoms with van der Waals surface area (Å²) < 4.78 is 0. The Hall–Kier alpha value is -1.86. The number of rotatable bonds is 3. The fourth-order valence-electron chi connectivity index (χ4n) is 1.65. The van der Waals surface area contributed by atoms with Crippen LogP contribution in [0.3, 0.4) is 0 Å². The Morgan fingerprint density at radius 1 is 1.11 bits per heavy atom. The lowest BCUT2D eigenvalue weighted by Crippen LogP contribution is -1.96. The Balaban J connectivity index is 2.24. The summed E-state index contributed by atoms with van der Waals surface area (Å²) in [6.45, 7) is 3.87. The predicted octanol–water partition coefficient (Wildman–Crippen LogP) is 3.45. The highest BCUT2D eigenvalue weighted by molar-refractivity contribution is 7.99. The molecule has 1 unspecified atom stereocenters. The molecule has 0 radical (unpaired) electrons. The Labute approximate surface area is 111 Å². The van der Waals surface area contributed by atoms with Gasteiger partial charge in [0.2, 0.25) is 0 Å². The second-order valence-corrected chi connectivity index (χ2v) is 5.04. The van der Waals surface area contributed by atoms with Gasteiger partial charge in [-0.1, -0.05) is 42.1 Å². The molecule has 0 fully saturated rings. The average molecular weight is 255 g/mol. The molecule has 3 nitrogen and oxygen atoms in total. The van der Waals surface area contributed by atoms with E-state index in [1.807, 2.05) is 50.2 Å². The van der Waals surface area contributed by atoms with E-state index >= 15 is 0 Å². The third kappa shape index (κ3) is 3.08. The van der Waals surface area contributed by atoms with Crippen molar-refractivity contribution in [3.8, 4) is 6.07 Å². The van der Waals surface area contributed by atoms with Gasteiger partial charge in [0.25, 0.3) is 0 Å². The smallest absolute Gasteiger partial charge is 0.189 e. The van der Waals surface area contributed by atoms with Crippen molar-refractivity contribution in [1.29, 1.82) is 5.26 Å². The van der Waals surface area contributed by atoms with Crippen LogP contribution in [0.4, 0.5) is 0 Å². The monoisotopic (exact) mass is 255 g/mol. The fourth-order valence-corrected chi connectivity index (χ4v) is 2.60. The topological polar surface area (TPSA) is 49.6 Å². The molecule has 2 aromatic rings.